The van der Waals surface area contributed by atoms with Crippen molar-refractivity contribution < 1.29 is 0 Å². The van der Waals surface area contributed by atoms with Crippen molar-refractivity contribution in [3.05, 3.63) is 130 Å². The molecule has 2 aromatic heterocycles. The van der Waals surface area contributed by atoms with Gasteiger partial charge < -0.3 is 0 Å². The summed E-state index contributed by atoms with van der Waals surface area (Å²) in [5, 5.41) is 5.93. The number of fused-ring (bicyclic) bond motifs is 1. The molecule has 174 valence electrons. The van der Waals surface area contributed by atoms with Crippen molar-refractivity contribution in [1.29, 1.82) is 0 Å². The fourth-order valence-corrected chi connectivity index (χ4v) is 4.63. The predicted molar refractivity (Wildman–Crippen MR) is 145 cm³/mol. The molecule has 0 aliphatic carbocycles. The Hall–Kier alpha value is -4.19. The summed E-state index contributed by atoms with van der Waals surface area (Å²) in [6.45, 7) is 0. The van der Waals surface area contributed by atoms with E-state index in [1.807, 2.05) is 78.9 Å². The van der Waals surface area contributed by atoms with E-state index in [4.69, 9.17) is 28.2 Å². The SMILES string of the molecule is O=c1c2cnn(-c3ccccc3)c2nc(-c2ccc(-c3ccccc3)cc2Cl)n1-c1ccc(Cl)cc1. The molecule has 4 aromatic carbocycles. The number of aromatic nitrogens is 4. The number of rotatable bonds is 4. The van der Waals surface area contributed by atoms with E-state index in [-0.39, 0.29) is 5.56 Å². The smallest absolute Gasteiger partial charge is 0.268 e. The van der Waals surface area contributed by atoms with Crippen LogP contribution in [0.3, 0.4) is 0 Å². The number of benzene rings is 4. The molecular formula is C29H18Cl2N4O. The number of halogens is 2. The maximum Gasteiger partial charge on any atom is 0.269 e. The molecule has 0 fully saturated rings. The summed E-state index contributed by atoms with van der Waals surface area (Å²) >= 11 is 13.0. The van der Waals surface area contributed by atoms with Crippen LogP contribution >= 0.6 is 23.2 Å². The van der Waals surface area contributed by atoms with Gasteiger partial charge in [-0.05, 0) is 59.7 Å². The standard InChI is InChI=1S/C29H18Cl2N4O/c30-21-12-14-22(15-13-21)34-27(24-16-11-20(17-26(24)31)19-7-3-1-4-8-19)33-28-25(29(34)36)18-32-35(28)23-9-5-2-6-10-23/h1-18H. The first kappa shape index (κ1) is 22.3. The van der Waals surface area contributed by atoms with Crippen molar-refractivity contribution in [2.45, 2.75) is 0 Å². The third kappa shape index (κ3) is 3.88. The van der Waals surface area contributed by atoms with Gasteiger partial charge in [-0.15, -0.1) is 0 Å². The molecule has 36 heavy (non-hydrogen) atoms. The normalized spacial score (nSPS) is 11.2. The minimum absolute atomic E-state index is 0.247. The molecule has 0 aliphatic heterocycles. The molecule has 2 heterocycles. The average molecular weight is 509 g/mol. The van der Waals surface area contributed by atoms with Crippen molar-refractivity contribution >= 4 is 34.2 Å². The average Bonchev–Trinajstić information content (AvgIpc) is 3.35. The van der Waals surface area contributed by atoms with Gasteiger partial charge in [0.1, 0.15) is 5.39 Å². The van der Waals surface area contributed by atoms with Crippen molar-refractivity contribution in [3.8, 4) is 33.9 Å². The van der Waals surface area contributed by atoms with E-state index in [0.717, 1.165) is 16.8 Å². The fraction of sp³-hybridized carbons (Fsp3) is 0. The van der Waals surface area contributed by atoms with E-state index >= 15 is 0 Å². The molecule has 0 spiro atoms. The molecular weight excluding hydrogens is 491 g/mol. The Morgan fingerprint density at radius 2 is 1.39 bits per heavy atom. The summed E-state index contributed by atoms with van der Waals surface area (Å²) in [6.07, 6.45) is 1.55. The maximum absolute atomic E-state index is 13.8. The Balaban J connectivity index is 1.63. The molecule has 0 unspecified atom stereocenters. The van der Waals surface area contributed by atoms with Crippen molar-refractivity contribution in [2.75, 3.05) is 0 Å². The molecule has 6 rings (SSSR count). The Bertz CT molecular complexity index is 1760. The van der Waals surface area contributed by atoms with Crippen LogP contribution in [0.4, 0.5) is 0 Å². The highest BCUT2D eigenvalue weighted by atomic mass is 35.5. The van der Waals surface area contributed by atoms with Crippen LogP contribution < -0.4 is 5.56 Å². The largest absolute Gasteiger partial charge is 0.269 e. The highest BCUT2D eigenvalue weighted by Gasteiger charge is 2.20. The van der Waals surface area contributed by atoms with Crippen molar-refractivity contribution in [1.82, 2.24) is 19.3 Å². The van der Waals surface area contributed by atoms with Crippen LogP contribution in [0.1, 0.15) is 0 Å². The van der Waals surface area contributed by atoms with Gasteiger partial charge in [0.2, 0.25) is 0 Å². The summed E-state index contributed by atoms with van der Waals surface area (Å²) in [5.41, 5.74) is 4.29. The highest BCUT2D eigenvalue weighted by molar-refractivity contribution is 6.33. The molecule has 0 N–H and O–H groups in total. The summed E-state index contributed by atoms with van der Waals surface area (Å²) in [4.78, 5) is 18.8. The zero-order valence-corrected chi connectivity index (χ0v) is 20.4. The van der Waals surface area contributed by atoms with Gasteiger partial charge >= 0.3 is 0 Å². The van der Waals surface area contributed by atoms with E-state index in [1.165, 1.54) is 0 Å². The second-order valence-corrected chi connectivity index (χ2v) is 9.09. The van der Waals surface area contributed by atoms with Crippen LogP contribution in [0, 0.1) is 0 Å². The first-order valence-corrected chi connectivity index (χ1v) is 12.0. The van der Waals surface area contributed by atoms with Gasteiger partial charge in [0.15, 0.2) is 11.5 Å². The van der Waals surface area contributed by atoms with E-state index in [1.54, 1.807) is 39.7 Å². The van der Waals surface area contributed by atoms with E-state index in [2.05, 4.69) is 5.10 Å². The topological polar surface area (TPSA) is 52.7 Å². The summed E-state index contributed by atoms with van der Waals surface area (Å²) in [6, 6.07) is 32.4. The molecule has 5 nitrogen and oxygen atoms in total. The first-order valence-electron chi connectivity index (χ1n) is 11.3. The Morgan fingerprint density at radius 3 is 2.08 bits per heavy atom. The lowest BCUT2D eigenvalue weighted by atomic mass is 10.0. The maximum atomic E-state index is 13.8. The van der Waals surface area contributed by atoms with Gasteiger partial charge in [-0.1, -0.05) is 77.8 Å². The Morgan fingerprint density at radius 1 is 0.694 bits per heavy atom. The minimum Gasteiger partial charge on any atom is -0.268 e. The second kappa shape index (κ2) is 9.11. The van der Waals surface area contributed by atoms with Crippen LogP contribution in [-0.4, -0.2) is 19.3 Å². The molecule has 0 aliphatic rings. The van der Waals surface area contributed by atoms with Gasteiger partial charge in [-0.2, -0.15) is 5.10 Å². The van der Waals surface area contributed by atoms with Crippen LogP contribution in [0.15, 0.2) is 114 Å². The number of hydrogen-bond donors (Lipinski definition) is 0. The zero-order valence-electron chi connectivity index (χ0n) is 18.8. The van der Waals surface area contributed by atoms with Crippen molar-refractivity contribution in [2.24, 2.45) is 0 Å². The summed E-state index contributed by atoms with van der Waals surface area (Å²) in [7, 11) is 0. The third-order valence-corrected chi connectivity index (χ3v) is 6.57. The van der Waals surface area contributed by atoms with Crippen LogP contribution in [0.25, 0.3) is 44.9 Å². The first-order chi connectivity index (χ1) is 17.6. The van der Waals surface area contributed by atoms with E-state index < -0.39 is 0 Å². The predicted octanol–water partition coefficient (Wildman–Crippen LogP) is 7.21. The van der Waals surface area contributed by atoms with Gasteiger partial charge in [-0.3, -0.25) is 9.36 Å². The van der Waals surface area contributed by atoms with E-state index in [9.17, 15) is 4.79 Å². The molecule has 0 saturated carbocycles. The number of nitrogens with zero attached hydrogens (tertiary/aromatic N) is 4. The Labute approximate surface area is 216 Å². The molecule has 0 atom stereocenters. The number of hydrogen-bond acceptors (Lipinski definition) is 3. The highest BCUT2D eigenvalue weighted by Crippen LogP contribution is 2.33. The minimum atomic E-state index is -0.247. The molecule has 0 radical (unpaired) electrons. The lowest BCUT2D eigenvalue weighted by molar-refractivity contribution is 0.888. The second-order valence-electron chi connectivity index (χ2n) is 8.24. The van der Waals surface area contributed by atoms with Gasteiger partial charge in [0.05, 0.1) is 22.6 Å². The van der Waals surface area contributed by atoms with E-state index in [0.29, 0.717) is 38.2 Å². The monoisotopic (exact) mass is 508 g/mol. The van der Waals surface area contributed by atoms with Gasteiger partial charge in [-0.25, -0.2) is 9.67 Å². The van der Waals surface area contributed by atoms with Crippen LogP contribution in [-0.2, 0) is 0 Å². The zero-order chi connectivity index (χ0) is 24.6. The van der Waals surface area contributed by atoms with Crippen LogP contribution in [0.2, 0.25) is 10.0 Å². The molecule has 0 saturated heterocycles. The van der Waals surface area contributed by atoms with Crippen LogP contribution in [0.5, 0.6) is 0 Å². The molecule has 0 bridgehead atoms. The third-order valence-electron chi connectivity index (χ3n) is 6.00. The molecule has 0 amide bonds. The van der Waals surface area contributed by atoms with Crippen molar-refractivity contribution in [3.63, 3.8) is 0 Å². The number of para-hydroxylation sites is 1. The van der Waals surface area contributed by atoms with Gasteiger partial charge in [0.25, 0.3) is 5.56 Å². The van der Waals surface area contributed by atoms with Gasteiger partial charge in [0, 0.05) is 10.6 Å². The fourth-order valence-electron chi connectivity index (χ4n) is 4.24. The molecule has 7 heteroatoms. The summed E-state index contributed by atoms with van der Waals surface area (Å²) < 4.78 is 3.22. The summed E-state index contributed by atoms with van der Waals surface area (Å²) in [5.74, 6) is 0.414. The lowest BCUT2D eigenvalue weighted by Gasteiger charge is -2.15. The Kier molecular flexibility index (Phi) is 5.64. The lowest BCUT2D eigenvalue weighted by Crippen LogP contribution is -2.22. The quantitative estimate of drug-likeness (QED) is 0.252. The molecule has 6 aromatic rings.